The van der Waals surface area contributed by atoms with E-state index < -0.39 is 0 Å². The molecular formula is C20H21N9O. The summed E-state index contributed by atoms with van der Waals surface area (Å²) in [5.41, 5.74) is 6.18. The molecule has 152 valence electrons. The van der Waals surface area contributed by atoms with Gasteiger partial charge in [0.1, 0.15) is 12.2 Å². The first kappa shape index (κ1) is 19.5. The van der Waals surface area contributed by atoms with E-state index in [9.17, 15) is 4.79 Å². The average Bonchev–Trinajstić information content (AvgIpc) is 3.35. The summed E-state index contributed by atoms with van der Waals surface area (Å²) >= 11 is 0. The molecule has 0 aliphatic heterocycles. The maximum atomic E-state index is 11.2. The van der Waals surface area contributed by atoms with Gasteiger partial charge in [0, 0.05) is 12.4 Å². The Kier molecular flexibility index (Phi) is 5.13. The zero-order valence-electron chi connectivity index (χ0n) is 17.2. The van der Waals surface area contributed by atoms with Gasteiger partial charge in [-0.15, -0.1) is 15.3 Å². The van der Waals surface area contributed by atoms with Gasteiger partial charge in [-0.3, -0.25) is 4.79 Å². The van der Waals surface area contributed by atoms with Crippen LogP contribution < -0.4 is 0 Å². The van der Waals surface area contributed by atoms with Crippen molar-refractivity contribution in [3.63, 3.8) is 0 Å². The van der Waals surface area contributed by atoms with Gasteiger partial charge in [-0.1, -0.05) is 17.3 Å². The zero-order valence-corrected chi connectivity index (χ0v) is 17.2. The van der Waals surface area contributed by atoms with Gasteiger partial charge in [0.05, 0.1) is 18.3 Å². The lowest BCUT2D eigenvalue weighted by Crippen LogP contribution is -2.09. The summed E-state index contributed by atoms with van der Waals surface area (Å²) in [6, 6.07) is 4.34. The number of Topliss-reactive ketones (excluding diaryl/α,β-unsaturated/α-hetero) is 1. The fourth-order valence-corrected chi connectivity index (χ4v) is 3.08. The highest BCUT2D eigenvalue weighted by Crippen LogP contribution is 2.18. The van der Waals surface area contributed by atoms with Crippen molar-refractivity contribution in [2.45, 2.75) is 40.8 Å². The van der Waals surface area contributed by atoms with Crippen molar-refractivity contribution in [2.24, 2.45) is 0 Å². The highest BCUT2D eigenvalue weighted by atomic mass is 16.1. The standard InChI is InChI=1S/C20H21N9O/c1-12-5-16(6-13(2)15(12)4)10-28-11-18(23-26-28)20-21-7-17(8-22-20)19-24-27-29(25-19)9-14(3)30/h5-8,11H,9-10H2,1-4H3. The fraction of sp³-hybridized carbons (Fsp3) is 0.300. The van der Waals surface area contributed by atoms with Crippen molar-refractivity contribution in [3.8, 4) is 22.9 Å². The highest BCUT2D eigenvalue weighted by molar-refractivity contribution is 5.75. The van der Waals surface area contributed by atoms with E-state index >= 15 is 0 Å². The monoisotopic (exact) mass is 403 g/mol. The normalized spacial score (nSPS) is 11.1. The number of hydrogen-bond donors (Lipinski definition) is 0. The molecule has 3 aromatic heterocycles. The number of carbonyl (C=O) groups excluding carboxylic acids is 1. The molecule has 0 radical (unpaired) electrons. The van der Waals surface area contributed by atoms with E-state index in [1.807, 2.05) is 6.20 Å². The van der Waals surface area contributed by atoms with Crippen molar-refractivity contribution < 1.29 is 4.79 Å². The van der Waals surface area contributed by atoms with Gasteiger partial charge in [0.2, 0.25) is 5.82 Å². The van der Waals surface area contributed by atoms with Gasteiger partial charge >= 0.3 is 0 Å². The predicted octanol–water partition coefficient (Wildman–Crippen LogP) is 1.95. The van der Waals surface area contributed by atoms with E-state index in [0.29, 0.717) is 29.5 Å². The molecule has 0 N–H and O–H groups in total. The Labute approximate surface area is 173 Å². The SMILES string of the molecule is CC(=O)Cn1nnc(-c2cnc(-c3cn(Cc4cc(C)c(C)c(C)c4)nn3)nc2)n1. The molecule has 0 saturated carbocycles. The molecule has 4 aromatic rings. The molecule has 10 heteroatoms. The van der Waals surface area contributed by atoms with Crippen LogP contribution in [0.5, 0.6) is 0 Å². The minimum Gasteiger partial charge on any atom is -0.298 e. The quantitative estimate of drug-likeness (QED) is 0.479. The molecule has 0 spiro atoms. The molecule has 0 aliphatic carbocycles. The third-order valence-corrected chi connectivity index (χ3v) is 4.83. The molecule has 0 fully saturated rings. The zero-order chi connectivity index (χ0) is 21.3. The summed E-state index contributed by atoms with van der Waals surface area (Å²) in [6.45, 7) is 8.52. The molecule has 1 aromatic carbocycles. The molecule has 0 saturated heterocycles. The van der Waals surface area contributed by atoms with Gasteiger partial charge in [0.15, 0.2) is 11.6 Å². The predicted molar refractivity (Wildman–Crippen MR) is 108 cm³/mol. The molecule has 0 bridgehead atoms. The van der Waals surface area contributed by atoms with Crippen LogP contribution in [0.25, 0.3) is 22.9 Å². The number of ketones is 1. The van der Waals surface area contributed by atoms with Crippen LogP contribution in [0.3, 0.4) is 0 Å². The number of nitrogens with zero attached hydrogens (tertiary/aromatic N) is 9. The Hall–Kier alpha value is -3.82. The molecular weight excluding hydrogens is 382 g/mol. The number of carbonyl (C=O) groups is 1. The Bertz CT molecular complexity index is 1180. The Morgan fingerprint density at radius 2 is 1.67 bits per heavy atom. The van der Waals surface area contributed by atoms with Gasteiger partial charge in [0.25, 0.3) is 0 Å². The average molecular weight is 403 g/mol. The van der Waals surface area contributed by atoms with Gasteiger partial charge in [-0.2, -0.15) is 4.80 Å². The molecule has 10 nitrogen and oxygen atoms in total. The summed E-state index contributed by atoms with van der Waals surface area (Å²) < 4.78 is 1.77. The summed E-state index contributed by atoms with van der Waals surface area (Å²) in [6.07, 6.45) is 5.02. The Morgan fingerprint density at radius 3 is 2.33 bits per heavy atom. The lowest BCUT2D eigenvalue weighted by atomic mass is 10.0. The van der Waals surface area contributed by atoms with Crippen LogP contribution in [0.4, 0.5) is 0 Å². The number of aryl methyl sites for hydroxylation is 2. The molecule has 4 rings (SSSR count). The van der Waals surface area contributed by atoms with Crippen LogP contribution in [-0.4, -0.2) is 51.0 Å². The topological polar surface area (TPSA) is 117 Å². The summed E-state index contributed by atoms with van der Waals surface area (Å²) in [7, 11) is 0. The number of benzene rings is 1. The first-order valence-electron chi connectivity index (χ1n) is 9.46. The first-order valence-corrected chi connectivity index (χ1v) is 9.46. The van der Waals surface area contributed by atoms with Crippen LogP contribution in [0, 0.1) is 20.8 Å². The third kappa shape index (κ3) is 4.12. The second-order valence-corrected chi connectivity index (χ2v) is 7.30. The lowest BCUT2D eigenvalue weighted by Gasteiger charge is -2.08. The van der Waals surface area contributed by atoms with Crippen molar-refractivity contribution in [1.29, 1.82) is 0 Å². The Morgan fingerprint density at radius 1 is 0.967 bits per heavy atom. The van der Waals surface area contributed by atoms with Gasteiger partial charge in [-0.25, -0.2) is 14.6 Å². The second-order valence-electron chi connectivity index (χ2n) is 7.30. The van der Waals surface area contributed by atoms with E-state index in [4.69, 9.17) is 0 Å². The minimum atomic E-state index is -0.0513. The van der Waals surface area contributed by atoms with E-state index in [0.717, 1.165) is 0 Å². The van der Waals surface area contributed by atoms with E-state index in [1.165, 1.54) is 34.0 Å². The summed E-state index contributed by atoms with van der Waals surface area (Å²) in [4.78, 5) is 21.1. The summed E-state index contributed by atoms with van der Waals surface area (Å²) in [5.74, 6) is 0.763. The van der Waals surface area contributed by atoms with Crippen LogP contribution in [0.2, 0.25) is 0 Å². The molecule has 0 unspecified atom stereocenters. The Balaban J connectivity index is 1.50. The molecule has 0 amide bonds. The van der Waals surface area contributed by atoms with Gasteiger partial charge in [-0.05, 0) is 55.2 Å². The van der Waals surface area contributed by atoms with Crippen LogP contribution >= 0.6 is 0 Å². The molecule has 0 atom stereocenters. The smallest absolute Gasteiger partial charge is 0.208 e. The fourth-order valence-electron chi connectivity index (χ4n) is 3.08. The van der Waals surface area contributed by atoms with Crippen LogP contribution in [0.1, 0.15) is 29.2 Å². The van der Waals surface area contributed by atoms with E-state index in [2.05, 4.69) is 68.6 Å². The third-order valence-electron chi connectivity index (χ3n) is 4.83. The van der Waals surface area contributed by atoms with E-state index in [1.54, 1.807) is 17.1 Å². The first-order chi connectivity index (χ1) is 14.4. The van der Waals surface area contributed by atoms with Crippen molar-refractivity contribution in [1.82, 2.24) is 45.2 Å². The van der Waals surface area contributed by atoms with Crippen LogP contribution in [-0.2, 0) is 17.9 Å². The maximum Gasteiger partial charge on any atom is 0.208 e. The molecule has 3 heterocycles. The largest absolute Gasteiger partial charge is 0.298 e. The van der Waals surface area contributed by atoms with E-state index in [-0.39, 0.29) is 12.3 Å². The summed E-state index contributed by atoms with van der Waals surface area (Å²) in [5, 5.41) is 20.3. The molecule has 30 heavy (non-hydrogen) atoms. The van der Waals surface area contributed by atoms with Crippen molar-refractivity contribution >= 4 is 5.78 Å². The molecule has 0 aliphatic rings. The van der Waals surface area contributed by atoms with Crippen molar-refractivity contribution in [2.75, 3.05) is 0 Å². The van der Waals surface area contributed by atoms with Gasteiger partial charge < -0.3 is 0 Å². The number of tetrazole rings is 1. The number of hydrogen-bond acceptors (Lipinski definition) is 8. The maximum absolute atomic E-state index is 11.2. The highest BCUT2D eigenvalue weighted by Gasteiger charge is 2.12. The van der Waals surface area contributed by atoms with Crippen LogP contribution in [0.15, 0.2) is 30.7 Å². The number of aromatic nitrogens is 9. The lowest BCUT2D eigenvalue weighted by molar-refractivity contribution is -0.117. The number of rotatable bonds is 6. The minimum absolute atomic E-state index is 0.0513. The van der Waals surface area contributed by atoms with Crippen molar-refractivity contribution in [3.05, 3.63) is 53.0 Å². The second kappa shape index (κ2) is 7.90.